The minimum Gasteiger partial charge on any atom is -0.466 e. The van der Waals surface area contributed by atoms with Crippen LogP contribution in [0, 0.1) is 0 Å². The standard InChI is InChI=1S/C32H42N4O2/c1-10-38-27(37)18-19-17-26-31(6,7)24-14-13-22(34-24)29(2,3)20-11-12-21(33-20)30(4,5)23-15-16-25(35-23)32(8,9)28(19)36-26/h11-17,33-36H,10,18H2,1-9H3. The third-order valence-corrected chi connectivity index (χ3v) is 8.94. The molecule has 0 fully saturated rings. The van der Waals surface area contributed by atoms with Crippen LogP contribution in [0.1, 0.15) is 113 Å². The van der Waals surface area contributed by atoms with Gasteiger partial charge in [-0.2, -0.15) is 0 Å². The number of esters is 1. The molecule has 0 aliphatic carbocycles. The number of aromatic nitrogens is 4. The molecule has 6 heteroatoms. The first-order valence-electron chi connectivity index (χ1n) is 13.7. The van der Waals surface area contributed by atoms with Crippen LogP contribution in [0.5, 0.6) is 0 Å². The van der Waals surface area contributed by atoms with Crippen LogP contribution in [0.15, 0.2) is 42.5 Å². The Morgan fingerprint density at radius 2 is 0.974 bits per heavy atom. The molecule has 4 aromatic heterocycles. The van der Waals surface area contributed by atoms with Crippen LogP contribution in [0.3, 0.4) is 0 Å². The van der Waals surface area contributed by atoms with E-state index in [-0.39, 0.29) is 28.6 Å². The number of H-pyrrole nitrogens is 4. The summed E-state index contributed by atoms with van der Waals surface area (Å²) in [4.78, 5) is 27.7. The van der Waals surface area contributed by atoms with E-state index in [0.29, 0.717) is 6.61 Å². The van der Waals surface area contributed by atoms with Crippen molar-refractivity contribution in [3.63, 3.8) is 0 Å². The molecule has 6 nitrogen and oxygen atoms in total. The minimum atomic E-state index is -0.397. The molecule has 0 unspecified atom stereocenters. The highest BCUT2D eigenvalue weighted by Crippen LogP contribution is 2.42. The molecule has 0 spiro atoms. The van der Waals surface area contributed by atoms with Gasteiger partial charge in [0.15, 0.2) is 0 Å². The first-order valence-corrected chi connectivity index (χ1v) is 13.7. The normalized spacial score (nSPS) is 18.8. The highest BCUT2D eigenvalue weighted by molar-refractivity contribution is 5.73. The quantitative estimate of drug-likeness (QED) is 0.229. The molecule has 0 atom stereocenters. The van der Waals surface area contributed by atoms with E-state index in [1.54, 1.807) is 0 Å². The Morgan fingerprint density at radius 3 is 1.37 bits per heavy atom. The monoisotopic (exact) mass is 514 g/mol. The molecule has 0 aromatic carbocycles. The molecule has 5 rings (SSSR count). The second-order valence-corrected chi connectivity index (χ2v) is 12.9. The average molecular weight is 515 g/mol. The second-order valence-electron chi connectivity index (χ2n) is 12.9. The second kappa shape index (κ2) is 8.55. The molecule has 202 valence electrons. The Morgan fingerprint density at radius 1 is 0.605 bits per heavy atom. The molecule has 1 aliphatic rings. The van der Waals surface area contributed by atoms with Gasteiger partial charge in [-0.1, -0.05) is 0 Å². The van der Waals surface area contributed by atoms with Crippen molar-refractivity contribution in [3.05, 3.63) is 93.6 Å². The lowest BCUT2D eigenvalue weighted by atomic mass is 9.83. The third kappa shape index (κ3) is 3.96. The van der Waals surface area contributed by atoms with Gasteiger partial charge in [-0.15, -0.1) is 0 Å². The fourth-order valence-electron chi connectivity index (χ4n) is 5.84. The molecule has 4 aromatic rings. The lowest BCUT2D eigenvalue weighted by Crippen LogP contribution is -2.26. The summed E-state index contributed by atoms with van der Waals surface area (Å²) in [6, 6.07) is 15.3. The third-order valence-electron chi connectivity index (χ3n) is 8.94. The van der Waals surface area contributed by atoms with Crippen LogP contribution in [-0.4, -0.2) is 32.5 Å². The van der Waals surface area contributed by atoms with Gasteiger partial charge in [0, 0.05) is 67.2 Å². The van der Waals surface area contributed by atoms with Gasteiger partial charge in [-0.25, -0.2) is 0 Å². The maximum atomic E-state index is 12.7. The van der Waals surface area contributed by atoms with E-state index in [1.165, 1.54) is 5.69 Å². The number of fused-ring (bicyclic) bond motifs is 8. The van der Waals surface area contributed by atoms with Gasteiger partial charge < -0.3 is 24.7 Å². The largest absolute Gasteiger partial charge is 0.466 e. The van der Waals surface area contributed by atoms with Gasteiger partial charge in [0.1, 0.15) is 0 Å². The highest BCUT2D eigenvalue weighted by Gasteiger charge is 2.37. The maximum absolute atomic E-state index is 12.7. The Labute approximate surface area is 226 Å². The fourth-order valence-corrected chi connectivity index (χ4v) is 5.84. The molecule has 8 bridgehead atoms. The van der Waals surface area contributed by atoms with Crippen molar-refractivity contribution in [2.75, 3.05) is 6.61 Å². The summed E-state index contributed by atoms with van der Waals surface area (Å²) in [6.07, 6.45) is 0.228. The minimum absolute atomic E-state index is 0.210. The van der Waals surface area contributed by atoms with Gasteiger partial charge in [-0.05, 0) is 110 Å². The SMILES string of the molecule is CCOC(=O)Cc1cc2[nH]c1C(C)(C)c1ccc([nH]1)C(C)(C)c1ccc([nH]1)C(C)(C)c1ccc([nH]1)C2(C)C. The van der Waals surface area contributed by atoms with Crippen molar-refractivity contribution in [2.24, 2.45) is 0 Å². The Kier molecular flexibility index (Phi) is 5.90. The van der Waals surface area contributed by atoms with Gasteiger partial charge in [-0.3, -0.25) is 4.79 Å². The fraction of sp³-hybridized carbons (Fsp3) is 0.469. The van der Waals surface area contributed by atoms with Crippen molar-refractivity contribution >= 4 is 5.97 Å². The predicted molar refractivity (Wildman–Crippen MR) is 152 cm³/mol. The molecule has 0 saturated carbocycles. The van der Waals surface area contributed by atoms with Gasteiger partial charge in [0.25, 0.3) is 0 Å². The number of rotatable bonds is 3. The first kappa shape index (κ1) is 26.2. The predicted octanol–water partition coefficient (Wildman–Crippen LogP) is 6.72. The smallest absolute Gasteiger partial charge is 0.310 e. The van der Waals surface area contributed by atoms with Crippen LogP contribution in [0.2, 0.25) is 0 Å². The number of hydrogen-bond donors (Lipinski definition) is 4. The van der Waals surface area contributed by atoms with Crippen LogP contribution in [0.4, 0.5) is 0 Å². The van der Waals surface area contributed by atoms with Crippen LogP contribution in [0.25, 0.3) is 0 Å². The van der Waals surface area contributed by atoms with Crippen molar-refractivity contribution in [2.45, 2.75) is 90.4 Å². The number of hydrogen-bond acceptors (Lipinski definition) is 2. The number of aromatic amines is 4. The topological polar surface area (TPSA) is 89.5 Å². The van der Waals surface area contributed by atoms with E-state index in [1.807, 2.05) is 6.92 Å². The highest BCUT2D eigenvalue weighted by atomic mass is 16.5. The van der Waals surface area contributed by atoms with Crippen LogP contribution < -0.4 is 0 Å². The van der Waals surface area contributed by atoms with E-state index >= 15 is 0 Å². The Balaban J connectivity index is 1.76. The summed E-state index contributed by atoms with van der Waals surface area (Å²) in [5.74, 6) is -0.210. The molecule has 38 heavy (non-hydrogen) atoms. The molecular formula is C32H42N4O2. The zero-order valence-electron chi connectivity index (χ0n) is 24.3. The Bertz CT molecular complexity index is 1480. The van der Waals surface area contributed by atoms with E-state index < -0.39 is 5.41 Å². The molecule has 0 amide bonds. The number of carbonyl (C=O) groups is 1. The lowest BCUT2D eigenvalue weighted by Gasteiger charge is -2.28. The summed E-state index contributed by atoms with van der Waals surface area (Å²) in [5.41, 5.74) is 8.67. The van der Waals surface area contributed by atoms with E-state index in [0.717, 1.165) is 45.4 Å². The van der Waals surface area contributed by atoms with Crippen molar-refractivity contribution in [1.82, 2.24) is 19.9 Å². The number of ether oxygens (including phenoxy) is 1. The summed E-state index contributed by atoms with van der Waals surface area (Å²) in [6.45, 7) is 20.1. The summed E-state index contributed by atoms with van der Waals surface area (Å²) in [7, 11) is 0. The molecular weight excluding hydrogens is 472 g/mol. The molecule has 5 heterocycles. The molecule has 4 N–H and O–H groups in total. The average Bonchev–Trinajstić information content (AvgIpc) is 3.64. The van der Waals surface area contributed by atoms with E-state index in [4.69, 9.17) is 4.74 Å². The molecule has 0 radical (unpaired) electrons. The molecule has 1 aliphatic heterocycles. The first-order chi connectivity index (χ1) is 17.7. The zero-order valence-corrected chi connectivity index (χ0v) is 24.3. The Hall–Kier alpha value is -3.41. The summed E-state index contributed by atoms with van der Waals surface area (Å²) >= 11 is 0. The van der Waals surface area contributed by atoms with Gasteiger partial charge in [0.05, 0.1) is 13.0 Å². The van der Waals surface area contributed by atoms with Crippen molar-refractivity contribution in [3.8, 4) is 0 Å². The van der Waals surface area contributed by atoms with Crippen LogP contribution in [-0.2, 0) is 37.6 Å². The van der Waals surface area contributed by atoms with E-state index in [9.17, 15) is 4.79 Å². The maximum Gasteiger partial charge on any atom is 0.310 e. The van der Waals surface area contributed by atoms with Crippen molar-refractivity contribution < 1.29 is 9.53 Å². The zero-order chi connectivity index (χ0) is 27.7. The van der Waals surface area contributed by atoms with Gasteiger partial charge >= 0.3 is 5.97 Å². The van der Waals surface area contributed by atoms with Crippen molar-refractivity contribution in [1.29, 1.82) is 0 Å². The summed E-state index contributed by atoms with van der Waals surface area (Å²) < 4.78 is 5.35. The van der Waals surface area contributed by atoms with Gasteiger partial charge in [0.2, 0.25) is 0 Å². The summed E-state index contributed by atoms with van der Waals surface area (Å²) in [5, 5.41) is 0. The van der Waals surface area contributed by atoms with E-state index in [2.05, 4.69) is 118 Å². The van der Waals surface area contributed by atoms with Crippen LogP contribution >= 0.6 is 0 Å². The number of carbonyl (C=O) groups excluding carboxylic acids is 1. The lowest BCUT2D eigenvalue weighted by molar-refractivity contribution is -0.142. The molecule has 0 saturated heterocycles. The number of nitrogens with one attached hydrogen (secondary N) is 4.